The molecular formula is C34H29N. The fourth-order valence-electron chi connectivity index (χ4n) is 5.29. The highest BCUT2D eigenvalue weighted by atomic mass is 15.0. The Morgan fingerprint density at radius 1 is 0.457 bits per heavy atom. The molecule has 0 aliphatic carbocycles. The van der Waals surface area contributed by atoms with Crippen molar-refractivity contribution in [2.75, 3.05) is 0 Å². The van der Waals surface area contributed by atoms with E-state index in [0.717, 1.165) is 0 Å². The molecule has 0 saturated heterocycles. The molecule has 6 aromatic rings. The number of hydrogen-bond acceptors (Lipinski definition) is 0. The quantitative estimate of drug-likeness (QED) is 0.252. The molecule has 1 aromatic heterocycles. The van der Waals surface area contributed by atoms with Crippen LogP contribution in [0.15, 0.2) is 103 Å². The molecule has 6 rings (SSSR count). The van der Waals surface area contributed by atoms with Gasteiger partial charge in [0.25, 0.3) is 0 Å². The summed E-state index contributed by atoms with van der Waals surface area (Å²) >= 11 is 0. The molecule has 0 aliphatic rings. The van der Waals surface area contributed by atoms with Gasteiger partial charge >= 0.3 is 0 Å². The molecule has 0 N–H and O–H groups in total. The number of fused-ring (bicyclic) bond motifs is 3. The maximum atomic E-state index is 2.43. The van der Waals surface area contributed by atoms with Crippen LogP contribution in [0.4, 0.5) is 0 Å². The average Bonchev–Trinajstić information content (AvgIpc) is 3.17. The van der Waals surface area contributed by atoms with Gasteiger partial charge in [0.05, 0.1) is 11.0 Å². The lowest BCUT2D eigenvalue weighted by atomic mass is 9.97. The number of hydrogen-bond donors (Lipinski definition) is 0. The molecule has 0 unspecified atom stereocenters. The molecular weight excluding hydrogens is 422 g/mol. The Balaban J connectivity index is 1.66. The van der Waals surface area contributed by atoms with Crippen molar-refractivity contribution in [3.05, 3.63) is 125 Å². The second kappa shape index (κ2) is 8.29. The summed E-state index contributed by atoms with van der Waals surface area (Å²) in [7, 11) is 0. The molecule has 0 radical (unpaired) electrons. The van der Waals surface area contributed by atoms with Gasteiger partial charge in [0, 0.05) is 16.5 Å². The molecule has 0 spiro atoms. The summed E-state index contributed by atoms with van der Waals surface area (Å²) < 4.78 is 2.43. The summed E-state index contributed by atoms with van der Waals surface area (Å²) in [5.41, 5.74) is 13.9. The highest BCUT2D eigenvalue weighted by Gasteiger charge is 2.15. The normalized spacial score (nSPS) is 11.4. The van der Waals surface area contributed by atoms with Crippen LogP contribution in [0.2, 0.25) is 0 Å². The van der Waals surface area contributed by atoms with Crippen LogP contribution in [0.1, 0.15) is 22.3 Å². The molecule has 1 heterocycles. The van der Waals surface area contributed by atoms with E-state index >= 15 is 0 Å². The number of benzene rings is 5. The summed E-state index contributed by atoms with van der Waals surface area (Å²) in [5, 5.41) is 2.56. The molecule has 170 valence electrons. The first-order valence-electron chi connectivity index (χ1n) is 12.3. The minimum absolute atomic E-state index is 1.20. The Bertz CT molecular complexity index is 1710. The van der Waals surface area contributed by atoms with Gasteiger partial charge in [-0.1, -0.05) is 90.0 Å². The minimum atomic E-state index is 1.20. The third-order valence-electron chi connectivity index (χ3n) is 7.11. The van der Waals surface area contributed by atoms with Gasteiger partial charge in [-0.25, -0.2) is 0 Å². The first-order chi connectivity index (χ1) is 17.0. The lowest BCUT2D eigenvalue weighted by Gasteiger charge is -2.12. The predicted molar refractivity (Wildman–Crippen MR) is 151 cm³/mol. The van der Waals surface area contributed by atoms with Crippen molar-refractivity contribution in [1.29, 1.82) is 0 Å². The van der Waals surface area contributed by atoms with Crippen LogP contribution < -0.4 is 0 Å². The number of nitrogens with zero attached hydrogens (tertiary/aromatic N) is 1. The third-order valence-corrected chi connectivity index (χ3v) is 7.11. The predicted octanol–water partition coefficient (Wildman–Crippen LogP) is 9.35. The second-order valence-corrected chi connectivity index (χ2v) is 9.82. The standard InChI is InChI=1S/C34H29N/c1-22-8-11-26(12-9-22)27-13-16-31-32-17-14-28(30-15-10-24(3)18-25(30)4)21-34(32)35(33(31)20-27)29-7-5-6-23(2)19-29/h5-21H,1-4H3. The maximum Gasteiger partial charge on any atom is 0.0547 e. The molecule has 35 heavy (non-hydrogen) atoms. The van der Waals surface area contributed by atoms with Crippen LogP contribution in [-0.2, 0) is 0 Å². The van der Waals surface area contributed by atoms with Crippen molar-refractivity contribution in [1.82, 2.24) is 4.57 Å². The zero-order valence-electron chi connectivity index (χ0n) is 20.8. The summed E-state index contributed by atoms with van der Waals surface area (Å²) in [6.45, 7) is 8.66. The van der Waals surface area contributed by atoms with Crippen LogP contribution in [-0.4, -0.2) is 4.57 Å². The van der Waals surface area contributed by atoms with Gasteiger partial charge in [0.1, 0.15) is 0 Å². The molecule has 1 nitrogen and oxygen atoms in total. The van der Waals surface area contributed by atoms with E-state index in [4.69, 9.17) is 0 Å². The van der Waals surface area contributed by atoms with Crippen molar-refractivity contribution < 1.29 is 0 Å². The van der Waals surface area contributed by atoms with Crippen LogP contribution in [0.3, 0.4) is 0 Å². The lowest BCUT2D eigenvalue weighted by molar-refractivity contribution is 1.17. The van der Waals surface area contributed by atoms with Crippen molar-refractivity contribution in [3.8, 4) is 27.9 Å². The first-order valence-corrected chi connectivity index (χ1v) is 12.3. The zero-order chi connectivity index (χ0) is 24.1. The first kappa shape index (κ1) is 21.4. The molecule has 0 saturated carbocycles. The molecule has 0 atom stereocenters. The number of aryl methyl sites for hydroxylation is 4. The van der Waals surface area contributed by atoms with Gasteiger partial charge in [0.15, 0.2) is 0 Å². The molecule has 5 aromatic carbocycles. The highest BCUT2D eigenvalue weighted by molar-refractivity contribution is 6.11. The number of aromatic nitrogens is 1. The summed E-state index contributed by atoms with van der Waals surface area (Å²) in [6, 6.07) is 38.2. The fraction of sp³-hybridized carbons (Fsp3) is 0.118. The van der Waals surface area contributed by atoms with E-state index in [1.807, 2.05) is 0 Å². The van der Waals surface area contributed by atoms with Crippen molar-refractivity contribution in [3.63, 3.8) is 0 Å². The van der Waals surface area contributed by atoms with E-state index in [1.54, 1.807) is 0 Å². The van der Waals surface area contributed by atoms with Crippen molar-refractivity contribution in [2.45, 2.75) is 27.7 Å². The van der Waals surface area contributed by atoms with Crippen LogP contribution in [0, 0.1) is 27.7 Å². The molecule has 0 amide bonds. The van der Waals surface area contributed by atoms with Crippen molar-refractivity contribution >= 4 is 21.8 Å². The van der Waals surface area contributed by atoms with Gasteiger partial charge in [0.2, 0.25) is 0 Å². The smallest absolute Gasteiger partial charge is 0.0547 e. The zero-order valence-corrected chi connectivity index (χ0v) is 20.8. The van der Waals surface area contributed by atoms with Gasteiger partial charge in [-0.3, -0.25) is 0 Å². The van der Waals surface area contributed by atoms with E-state index in [9.17, 15) is 0 Å². The Labute approximate surface area is 207 Å². The van der Waals surface area contributed by atoms with Gasteiger partial charge in [-0.2, -0.15) is 0 Å². The van der Waals surface area contributed by atoms with Crippen LogP contribution in [0.25, 0.3) is 49.7 Å². The number of rotatable bonds is 3. The minimum Gasteiger partial charge on any atom is -0.309 e. The van der Waals surface area contributed by atoms with Gasteiger partial charge < -0.3 is 4.57 Å². The Hall–Kier alpha value is -4.10. The van der Waals surface area contributed by atoms with Crippen molar-refractivity contribution in [2.24, 2.45) is 0 Å². The Morgan fingerprint density at radius 3 is 1.74 bits per heavy atom. The Kier molecular flexibility index (Phi) is 5.07. The second-order valence-electron chi connectivity index (χ2n) is 9.82. The summed E-state index contributed by atoms with van der Waals surface area (Å²) in [5.74, 6) is 0. The van der Waals surface area contributed by atoms with Crippen LogP contribution >= 0.6 is 0 Å². The van der Waals surface area contributed by atoms with Gasteiger partial charge in [-0.05, 0) is 85.3 Å². The topological polar surface area (TPSA) is 4.93 Å². The van der Waals surface area contributed by atoms with E-state index in [0.29, 0.717) is 0 Å². The highest BCUT2D eigenvalue weighted by Crippen LogP contribution is 2.37. The summed E-state index contributed by atoms with van der Waals surface area (Å²) in [4.78, 5) is 0. The molecule has 0 aliphatic heterocycles. The van der Waals surface area contributed by atoms with E-state index < -0.39 is 0 Å². The maximum absolute atomic E-state index is 2.43. The molecule has 0 fully saturated rings. The van der Waals surface area contributed by atoms with E-state index in [2.05, 4.69) is 135 Å². The van der Waals surface area contributed by atoms with Gasteiger partial charge in [-0.15, -0.1) is 0 Å². The van der Waals surface area contributed by atoms with E-state index in [1.165, 1.54) is 72.0 Å². The fourth-order valence-corrected chi connectivity index (χ4v) is 5.29. The largest absolute Gasteiger partial charge is 0.309 e. The lowest BCUT2D eigenvalue weighted by Crippen LogP contribution is -1.95. The Morgan fingerprint density at radius 2 is 1.06 bits per heavy atom. The molecule has 0 bridgehead atoms. The summed E-state index contributed by atoms with van der Waals surface area (Å²) in [6.07, 6.45) is 0. The average molecular weight is 452 g/mol. The SMILES string of the molecule is Cc1ccc(-c2ccc3c4ccc(-c5ccc(C)cc5C)cc4n(-c4cccc(C)c4)c3c2)cc1. The molecule has 1 heteroatoms. The monoisotopic (exact) mass is 451 g/mol. The third kappa shape index (κ3) is 3.74. The van der Waals surface area contributed by atoms with E-state index in [-0.39, 0.29) is 0 Å². The van der Waals surface area contributed by atoms with Crippen LogP contribution in [0.5, 0.6) is 0 Å².